The number of nitrogens with one attached hydrogen (secondary N) is 1. The lowest BCUT2D eigenvalue weighted by molar-refractivity contribution is 0.661. The van der Waals surface area contributed by atoms with Crippen molar-refractivity contribution in [3.8, 4) is 0 Å². The molecule has 2 heterocycles. The largest absolute Gasteiger partial charge is 0.354 e. The Bertz CT molecular complexity index is 333. The Kier molecular flexibility index (Phi) is 5.74. The van der Waals surface area contributed by atoms with Crippen LogP contribution in [0, 0.1) is 0 Å². The number of aromatic nitrogens is 2. The first-order chi connectivity index (χ1) is 8.90. The summed E-state index contributed by atoms with van der Waals surface area (Å²) in [4.78, 5) is 11.4. The Morgan fingerprint density at radius 1 is 1.28 bits per heavy atom. The van der Waals surface area contributed by atoms with E-state index in [0.717, 1.165) is 44.1 Å². The zero-order valence-corrected chi connectivity index (χ0v) is 11.9. The number of anilines is 1. The van der Waals surface area contributed by atoms with Gasteiger partial charge >= 0.3 is 0 Å². The molecule has 1 aromatic rings. The molecule has 0 saturated carbocycles. The molecule has 1 saturated heterocycles. The highest BCUT2D eigenvalue weighted by atomic mass is 32.2. The molecule has 0 atom stereocenters. The molecule has 1 aliphatic rings. The average molecular weight is 266 g/mol. The van der Waals surface area contributed by atoms with Crippen molar-refractivity contribution in [3.63, 3.8) is 0 Å². The minimum Gasteiger partial charge on any atom is -0.354 e. The lowest BCUT2D eigenvalue weighted by Crippen LogP contribution is -2.26. The second-order valence-corrected chi connectivity index (χ2v) is 5.72. The van der Waals surface area contributed by atoms with E-state index in [0.29, 0.717) is 0 Å². The quantitative estimate of drug-likeness (QED) is 0.825. The van der Waals surface area contributed by atoms with E-state index in [1.54, 1.807) is 0 Å². The van der Waals surface area contributed by atoms with Crippen molar-refractivity contribution < 1.29 is 0 Å². The summed E-state index contributed by atoms with van der Waals surface area (Å²) in [6.45, 7) is 6.21. The highest BCUT2D eigenvalue weighted by molar-refractivity contribution is 7.99. The smallest absolute Gasteiger partial charge is 0.147 e. The average Bonchev–Trinajstić information content (AvgIpc) is 2.69. The summed E-state index contributed by atoms with van der Waals surface area (Å²) >= 11 is 2.03. The summed E-state index contributed by atoms with van der Waals surface area (Å²) in [7, 11) is 0. The molecule has 0 unspecified atom stereocenters. The van der Waals surface area contributed by atoms with Gasteiger partial charge in [-0.25, -0.2) is 4.98 Å². The van der Waals surface area contributed by atoms with Gasteiger partial charge in [0.15, 0.2) is 0 Å². The fourth-order valence-electron chi connectivity index (χ4n) is 1.97. The molecule has 0 radical (unpaired) electrons. The van der Waals surface area contributed by atoms with Crippen LogP contribution in [0.25, 0.3) is 0 Å². The van der Waals surface area contributed by atoms with Gasteiger partial charge in [-0.2, -0.15) is 11.8 Å². The van der Waals surface area contributed by atoms with E-state index in [1.807, 2.05) is 24.2 Å². The molecule has 0 spiro atoms. The molecule has 1 aromatic heterocycles. The van der Waals surface area contributed by atoms with E-state index in [4.69, 9.17) is 0 Å². The van der Waals surface area contributed by atoms with Gasteiger partial charge in [0, 0.05) is 25.4 Å². The number of thioether (sulfide) groups is 1. The number of nitrogens with zero attached hydrogens (tertiary/aromatic N) is 3. The third-order valence-electron chi connectivity index (χ3n) is 2.97. The van der Waals surface area contributed by atoms with Crippen LogP contribution in [0.3, 0.4) is 0 Å². The van der Waals surface area contributed by atoms with Crippen LogP contribution >= 0.6 is 11.8 Å². The Labute approximate surface area is 114 Å². The molecule has 18 heavy (non-hydrogen) atoms. The first-order valence-electron chi connectivity index (χ1n) is 6.74. The van der Waals surface area contributed by atoms with Crippen molar-refractivity contribution in [2.75, 3.05) is 36.0 Å². The maximum absolute atomic E-state index is 4.54. The van der Waals surface area contributed by atoms with Crippen molar-refractivity contribution in [1.82, 2.24) is 15.3 Å². The Morgan fingerprint density at radius 3 is 3.00 bits per heavy atom. The van der Waals surface area contributed by atoms with E-state index < -0.39 is 0 Å². The van der Waals surface area contributed by atoms with Crippen LogP contribution < -0.4 is 10.2 Å². The molecule has 0 amide bonds. The van der Waals surface area contributed by atoms with Gasteiger partial charge in [-0.15, -0.1) is 0 Å². The van der Waals surface area contributed by atoms with E-state index in [-0.39, 0.29) is 0 Å². The SMILES string of the molecule is CCCNCc1cnc(N2CCCSCC2)cn1. The maximum atomic E-state index is 4.54. The number of rotatable bonds is 5. The van der Waals surface area contributed by atoms with Crippen LogP contribution in [0.4, 0.5) is 5.82 Å². The summed E-state index contributed by atoms with van der Waals surface area (Å²) in [6, 6.07) is 0. The first kappa shape index (κ1) is 13.6. The van der Waals surface area contributed by atoms with Gasteiger partial charge in [-0.05, 0) is 25.1 Å². The molecule has 1 N–H and O–H groups in total. The van der Waals surface area contributed by atoms with Gasteiger partial charge in [0.2, 0.25) is 0 Å². The molecule has 2 rings (SSSR count). The number of hydrogen-bond acceptors (Lipinski definition) is 5. The Hall–Kier alpha value is -0.810. The van der Waals surface area contributed by atoms with Crippen LogP contribution in [-0.4, -0.2) is 41.1 Å². The van der Waals surface area contributed by atoms with Crippen molar-refractivity contribution in [2.24, 2.45) is 0 Å². The lowest BCUT2D eigenvalue weighted by atomic mass is 10.4. The summed E-state index contributed by atoms with van der Waals surface area (Å²) in [5, 5.41) is 3.34. The minimum atomic E-state index is 0.816. The maximum Gasteiger partial charge on any atom is 0.147 e. The van der Waals surface area contributed by atoms with Gasteiger partial charge < -0.3 is 10.2 Å². The molecular formula is C13H22N4S. The zero-order chi connectivity index (χ0) is 12.6. The summed E-state index contributed by atoms with van der Waals surface area (Å²) < 4.78 is 0. The third-order valence-corrected chi connectivity index (χ3v) is 4.02. The molecular weight excluding hydrogens is 244 g/mol. The zero-order valence-electron chi connectivity index (χ0n) is 11.1. The van der Waals surface area contributed by atoms with Gasteiger partial charge in [-0.1, -0.05) is 6.92 Å². The number of hydrogen-bond donors (Lipinski definition) is 1. The standard InChI is InChI=1S/C13H22N4S/c1-2-4-14-9-12-10-16-13(11-15-12)17-5-3-7-18-8-6-17/h10-11,14H,2-9H2,1H3. The van der Waals surface area contributed by atoms with Crippen LogP contribution in [0.1, 0.15) is 25.5 Å². The van der Waals surface area contributed by atoms with Crippen molar-refractivity contribution >= 4 is 17.6 Å². The molecule has 5 heteroatoms. The van der Waals surface area contributed by atoms with Gasteiger partial charge in [0.25, 0.3) is 0 Å². The summed E-state index contributed by atoms with van der Waals surface area (Å²) in [5.74, 6) is 3.49. The Morgan fingerprint density at radius 2 is 2.22 bits per heavy atom. The summed E-state index contributed by atoms with van der Waals surface area (Å²) in [6.07, 6.45) is 6.21. The van der Waals surface area contributed by atoms with E-state index in [1.165, 1.54) is 17.9 Å². The normalized spacial score (nSPS) is 16.6. The minimum absolute atomic E-state index is 0.816. The van der Waals surface area contributed by atoms with Crippen molar-refractivity contribution in [1.29, 1.82) is 0 Å². The van der Waals surface area contributed by atoms with Gasteiger partial charge in [0.05, 0.1) is 18.1 Å². The second kappa shape index (κ2) is 7.59. The van der Waals surface area contributed by atoms with E-state index in [9.17, 15) is 0 Å². The van der Waals surface area contributed by atoms with Crippen LogP contribution in [0.15, 0.2) is 12.4 Å². The van der Waals surface area contributed by atoms with Crippen LogP contribution in [0.5, 0.6) is 0 Å². The molecule has 1 fully saturated rings. The van der Waals surface area contributed by atoms with E-state index >= 15 is 0 Å². The fraction of sp³-hybridized carbons (Fsp3) is 0.692. The van der Waals surface area contributed by atoms with E-state index in [2.05, 4.69) is 27.1 Å². The molecule has 4 nitrogen and oxygen atoms in total. The highest BCUT2D eigenvalue weighted by Gasteiger charge is 2.11. The topological polar surface area (TPSA) is 41.1 Å². The molecule has 100 valence electrons. The predicted molar refractivity (Wildman–Crippen MR) is 78.2 cm³/mol. The van der Waals surface area contributed by atoms with Crippen LogP contribution in [-0.2, 0) is 6.54 Å². The van der Waals surface area contributed by atoms with Gasteiger partial charge in [-0.3, -0.25) is 4.98 Å². The first-order valence-corrected chi connectivity index (χ1v) is 7.90. The molecule has 0 aliphatic carbocycles. The molecule has 0 bridgehead atoms. The second-order valence-electron chi connectivity index (χ2n) is 4.50. The molecule has 0 aromatic carbocycles. The lowest BCUT2D eigenvalue weighted by Gasteiger charge is -2.20. The van der Waals surface area contributed by atoms with Crippen LogP contribution in [0.2, 0.25) is 0 Å². The fourth-order valence-corrected chi connectivity index (χ4v) is 2.86. The van der Waals surface area contributed by atoms with Gasteiger partial charge in [0.1, 0.15) is 5.82 Å². The molecule has 1 aliphatic heterocycles. The predicted octanol–water partition coefficient (Wildman–Crippen LogP) is 1.92. The highest BCUT2D eigenvalue weighted by Crippen LogP contribution is 2.15. The third kappa shape index (κ3) is 4.14. The van der Waals surface area contributed by atoms with Crippen molar-refractivity contribution in [2.45, 2.75) is 26.3 Å². The Balaban J connectivity index is 1.89. The van der Waals surface area contributed by atoms with Crippen molar-refractivity contribution in [3.05, 3.63) is 18.1 Å². The summed E-state index contributed by atoms with van der Waals surface area (Å²) in [5.41, 5.74) is 1.02. The monoisotopic (exact) mass is 266 g/mol.